The molecule has 0 amide bonds. The van der Waals surface area contributed by atoms with E-state index in [4.69, 9.17) is 26.9 Å². The summed E-state index contributed by atoms with van der Waals surface area (Å²) in [6, 6.07) is 15.0. The first kappa shape index (κ1) is 16.3. The minimum absolute atomic E-state index is 0.245. The Hall–Kier alpha value is -3.06. The van der Waals surface area contributed by atoms with Crippen molar-refractivity contribution in [3.63, 3.8) is 0 Å². The summed E-state index contributed by atoms with van der Waals surface area (Å²) in [5, 5.41) is 30.9. The van der Waals surface area contributed by atoms with E-state index in [-0.39, 0.29) is 12.3 Å². The third kappa shape index (κ3) is 4.45. The molecule has 6 nitrogen and oxygen atoms in total. The Labute approximate surface area is 137 Å². The molecule has 0 saturated carbocycles. The number of hydrazone groups is 1. The fourth-order valence-corrected chi connectivity index (χ4v) is 1.82. The lowest BCUT2D eigenvalue weighted by Gasteiger charge is -2.11. The van der Waals surface area contributed by atoms with Crippen LogP contribution in [-0.2, 0) is 6.61 Å². The van der Waals surface area contributed by atoms with Crippen LogP contribution in [0, 0.1) is 22.7 Å². The summed E-state index contributed by atoms with van der Waals surface area (Å²) in [5.74, 6) is 1.06. The van der Waals surface area contributed by atoms with Crippen molar-refractivity contribution in [2.24, 2.45) is 5.10 Å². The number of ether oxygens (including phenoxy) is 1. The zero-order valence-corrected chi connectivity index (χ0v) is 12.6. The van der Waals surface area contributed by atoms with Gasteiger partial charge >= 0.3 is 0 Å². The average molecular weight is 327 g/mol. The predicted molar refractivity (Wildman–Crippen MR) is 86.2 cm³/mol. The zero-order valence-electron chi connectivity index (χ0n) is 11.8. The van der Waals surface area contributed by atoms with E-state index in [9.17, 15) is 5.11 Å². The standard InChI is InChI=1S/C16H11ClN4O2/c17-12-1-4-15(5-2-12)23-16-6-3-13(7-11(16)10-22)20-21-14(8-18)9-19/h1-7,20,22H,10H2. The number of halogens is 1. The highest BCUT2D eigenvalue weighted by Crippen LogP contribution is 2.28. The summed E-state index contributed by atoms with van der Waals surface area (Å²) in [5.41, 5.74) is 3.32. The molecule has 0 bridgehead atoms. The number of nitrogens with zero attached hydrogens (tertiary/aromatic N) is 3. The molecule has 114 valence electrons. The second-order valence-corrected chi connectivity index (χ2v) is 4.77. The lowest BCUT2D eigenvalue weighted by atomic mass is 10.2. The maximum Gasteiger partial charge on any atom is 0.237 e. The number of aliphatic hydroxyl groups excluding tert-OH is 1. The van der Waals surface area contributed by atoms with E-state index in [0.717, 1.165) is 0 Å². The number of benzene rings is 2. The summed E-state index contributed by atoms with van der Waals surface area (Å²) >= 11 is 5.82. The Morgan fingerprint density at radius 3 is 2.48 bits per heavy atom. The second kappa shape index (κ2) is 7.81. The summed E-state index contributed by atoms with van der Waals surface area (Å²) in [7, 11) is 0. The third-order valence-electron chi connectivity index (χ3n) is 2.78. The Morgan fingerprint density at radius 2 is 1.87 bits per heavy atom. The van der Waals surface area contributed by atoms with Crippen LogP contribution in [0.25, 0.3) is 0 Å². The zero-order chi connectivity index (χ0) is 16.7. The van der Waals surface area contributed by atoms with E-state index in [2.05, 4.69) is 10.5 Å². The molecule has 0 fully saturated rings. The minimum atomic E-state index is -0.294. The van der Waals surface area contributed by atoms with Crippen molar-refractivity contribution in [3.05, 3.63) is 53.1 Å². The molecule has 0 spiro atoms. The molecular weight excluding hydrogens is 316 g/mol. The molecule has 0 aliphatic carbocycles. The number of nitrogens with one attached hydrogen (secondary N) is 1. The Kier molecular flexibility index (Phi) is 5.54. The van der Waals surface area contributed by atoms with Crippen molar-refractivity contribution < 1.29 is 9.84 Å². The lowest BCUT2D eigenvalue weighted by molar-refractivity contribution is 0.276. The Balaban J connectivity index is 2.20. The summed E-state index contributed by atoms with van der Waals surface area (Å²) in [6.45, 7) is -0.245. The maximum atomic E-state index is 9.47. The molecule has 2 rings (SSSR count). The molecule has 0 atom stereocenters. The van der Waals surface area contributed by atoms with Crippen LogP contribution in [0.5, 0.6) is 11.5 Å². The van der Waals surface area contributed by atoms with Gasteiger partial charge in [0.05, 0.1) is 12.3 Å². The first-order chi connectivity index (χ1) is 11.2. The SMILES string of the molecule is N#CC(C#N)=NNc1ccc(Oc2ccc(Cl)cc2)c(CO)c1. The predicted octanol–water partition coefficient (Wildman–Crippen LogP) is 3.44. The van der Waals surface area contributed by atoms with Crippen molar-refractivity contribution in [1.29, 1.82) is 10.5 Å². The smallest absolute Gasteiger partial charge is 0.237 e. The maximum absolute atomic E-state index is 9.47. The quantitative estimate of drug-likeness (QED) is 0.647. The summed E-state index contributed by atoms with van der Waals surface area (Å²) in [6.07, 6.45) is 0. The van der Waals surface area contributed by atoms with Gasteiger partial charge < -0.3 is 9.84 Å². The molecule has 0 radical (unpaired) electrons. The Bertz CT molecular complexity index is 788. The third-order valence-corrected chi connectivity index (χ3v) is 3.03. The first-order valence-electron chi connectivity index (χ1n) is 6.47. The van der Waals surface area contributed by atoms with Gasteiger partial charge in [-0.25, -0.2) is 0 Å². The second-order valence-electron chi connectivity index (χ2n) is 4.33. The van der Waals surface area contributed by atoms with E-state index in [1.54, 1.807) is 54.6 Å². The van der Waals surface area contributed by atoms with E-state index in [1.807, 2.05) is 0 Å². The number of aliphatic hydroxyl groups is 1. The molecular formula is C16H11ClN4O2. The van der Waals surface area contributed by atoms with E-state index in [0.29, 0.717) is 27.8 Å². The molecule has 2 N–H and O–H groups in total. The average Bonchev–Trinajstić information content (AvgIpc) is 2.58. The highest BCUT2D eigenvalue weighted by molar-refractivity contribution is 6.30. The number of anilines is 1. The fraction of sp³-hybridized carbons (Fsp3) is 0.0625. The van der Waals surface area contributed by atoms with Crippen LogP contribution in [0.3, 0.4) is 0 Å². The van der Waals surface area contributed by atoms with Crippen LogP contribution in [0.2, 0.25) is 5.02 Å². The number of nitriles is 2. The van der Waals surface area contributed by atoms with Crippen molar-refractivity contribution in [3.8, 4) is 23.6 Å². The van der Waals surface area contributed by atoms with Crippen molar-refractivity contribution in [2.75, 3.05) is 5.43 Å². The largest absolute Gasteiger partial charge is 0.457 e. The van der Waals surface area contributed by atoms with Crippen LogP contribution in [0.15, 0.2) is 47.6 Å². The van der Waals surface area contributed by atoms with Gasteiger partial charge in [0, 0.05) is 10.6 Å². The molecule has 0 saturated heterocycles. The van der Waals surface area contributed by atoms with Gasteiger partial charge in [-0.3, -0.25) is 5.43 Å². The molecule has 0 aliphatic rings. The highest BCUT2D eigenvalue weighted by Gasteiger charge is 2.06. The van der Waals surface area contributed by atoms with E-state index in [1.165, 1.54) is 0 Å². The van der Waals surface area contributed by atoms with Crippen molar-refractivity contribution >= 4 is 23.0 Å². The molecule has 23 heavy (non-hydrogen) atoms. The fourth-order valence-electron chi connectivity index (χ4n) is 1.70. The number of rotatable bonds is 5. The monoisotopic (exact) mass is 326 g/mol. The van der Waals surface area contributed by atoms with Crippen LogP contribution in [-0.4, -0.2) is 10.8 Å². The van der Waals surface area contributed by atoms with Gasteiger partial charge in [0.15, 0.2) is 0 Å². The van der Waals surface area contributed by atoms with Gasteiger partial charge in [0.2, 0.25) is 5.71 Å². The molecule has 7 heteroatoms. The Morgan fingerprint density at radius 1 is 1.17 bits per heavy atom. The van der Waals surface area contributed by atoms with E-state index >= 15 is 0 Å². The van der Waals surface area contributed by atoms with Gasteiger partial charge in [-0.2, -0.15) is 15.6 Å². The van der Waals surface area contributed by atoms with Gasteiger partial charge in [-0.1, -0.05) is 11.6 Å². The van der Waals surface area contributed by atoms with Crippen LogP contribution in [0.1, 0.15) is 5.56 Å². The molecule has 0 heterocycles. The summed E-state index contributed by atoms with van der Waals surface area (Å²) in [4.78, 5) is 0. The van der Waals surface area contributed by atoms with Crippen LogP contribution < -0.4 is 10.2 Å². The van der Waals surface area contributed by atoms with Crippen molar-refractivity contribution in [2.45, 2.75) is 6.61 Å². The van der Waals surface area contributed by atoms with Crippen LogP contribution in [0.4, 0.5) is 5.69 Å². The normalized spacial score (nSPS) is 9.39. The van der Waals surface area contributed by atoms with Gasteiger partial charge in [-0.15, -0.1) is 0 Å². The van der Waals surface area contributed by atoms with Gasteiger partial charge in [0.25, 0.3) is 0 Å². The van der Waals surface area contributed by atoms with Crippen LogP contribution >= 0.6 is 11.6 Å². The molecule has 2 aromatic rings. The van der Waals surface area contributed by atoms with Crippen molar-refractivity contribution in [1.82, 2.24) is 0 Å². The topological polar surface area (TPSA) is 101 Å². The number of hydrogen-bond donors (Lipinski definition) is 2. The molecule has 0 aliphatic heterocycles. The van der Waals surface area contributed by atoms with E-state index < -0.39 is 0 Å². The molecule has 2 aromatic carbocycles. The van der Waals surface area contributed by atoms with Gasteiger partial charge in [-0.05, 0) is 42.5 Å². The number of hydrogen-bond acceptors (Lipinski definition) is 6. The van der Waals surface area contributed by atoms with Gasteiger partial charge in [0.1, 0.15) is 23.6 Å². The lowest BCUT2D eigenvalue weighted by Crippen LogP contribution is -1.98. The highest BCUT2D eigenvalue weighted by atomic mass is 35.5. The minimum Gasteiger partial charge on any atom is -0.457 e. The molecule has 0 aromatic heterocycles. The summed E-state index contributed by atoms with van der Waals surface area (Å²) < 4.78 is 5.69. The first-order valence-corrected chi connectivity index (χ1v) is 6.85. The molecule has 0 unspecified atom stereocenters.